The van der Waals surface area contributed by atoms with Crippen LogP contribution in [-0.4, -0.2) is 49.7 Å². The molecule has 1 N–H and O–H groups in total. The summed E-state index contributed by atoms with van der Waals surface area (Å²) in [6.45, 7) is 5.82. The number of nitrogens with zero attached hydrogens (tertiary/aromatic N) is 1. The largest absolute Gasteiger partial charge is 0.369 e. The summed E-state index contributed by atoms with van der Waals surface area (Å²) in [6.07, 6.45) is 2.22. The average molecular weight is 214 g/mol. The number of hydrogen-bond acceptors (Lipinski definition) is 3. The molecule has 0 atom stereocenters. The highest BCUT2D eigenvalue weighted by molar-refractivity contribution is 5.77. The van der Waals surface area contributed by atoms with E-state index in [1.807, 2.05) is 25.8 Å². The van der Waals surface area contributed by atoms with E-state index in [1.54, 1.807) is 0 Å². The molecule has 88 valence electrons. The van der Waals surface area contributed by atoms with Crippen molar-refractivity contribution >= 4 is 5.91 Å². The summed E-state index contributed by atoms with van der Waals surface area (Å²) >= 11 is 0. The molecule has 0 aliphatic carbocycles. The van der Waals surface area contributed by atoms with Crippen LogP contribution in [0, 0.1) is 0 Å². The summed E-state index contributed by atoms with van der Waals surface area (Å²) in [5, 5.41) is 3.24. The maximum absolute atomic E-state index is 11.7. The molecule has 0 radical (unpaired) electrons. The van der Waals surface area contributed by atoms with Gasteiger partial charge >= 0.3 is 0 Å². The molecule has 4 nitrogen and oxygen atoms in total. The minimum absolute atomic E-state index is 0.123. The van der Waals surface area contributed by atoms with Crippen LogP contribution in [0.15, 0.2) is 0 Å². The van der Waals surface area contributed by atoms with Gasteiger partial charge in [-0.1, -0.05) is 0 Å². The maximum Gasteiger partial charge on any atom is 0.248 e. The molecule has 1 aliphatic rings. The third-order valence-electron chi connectivity index (χ3n) is 2.80. The van der Waals surface area contributed by atoms with Gasteiger partial charge in [0.15, 0.2) is 0 Å². The SMILES string of the molecule is CNC1CCN(C(=O)COC(C)C)CC1. The summed E-state index contributed by atoms with van der Waals surface area (Å²) in [7, 11) is 1.98. The topological polar surface area (TPSA) is 41.6 Å². The molecule has 0 unspecified atom stereocenters. The minimum Gasteiger partial charge on any atom is -0.369 e. The number of nitrogens with one attached hydrogen (secondary N) is 1. The number of likely N-dealkylation sites (tertiary alicyclic amines) is 1. The molecule has 1 heterocycles. The Labute approximate surface area is 92.0 Å². The Balaban J connectivity index is 2.24. The summed E-state index contributed by atoms with van der Waals surface area (Å²) in [5.41, 5.74) is 0. The van der Waals surface area contributed by atoms with Crippen molar-refractivity contribution in [3.63, 3.8) is 0 Å². The summed E-state index contributed by atoms with van der Waals surface area (Å²) in [4.78, 5) is 13.6. The quantitative estimate of drug-likeness (QED) is 0.746. The number of amides is 1. The summed E-state index contributed by atoms with van der Waals surface area (Å²) in [5.74, 6) is 0.123. The van der Waals surface area contributed by atoms with Crippen molar-refractivity contribution in [2.24, 2.45) is 0 Å². The highest BCUT2D eigenvalue weighted by Gasteiger charge is 2.21. The van der Waals surface area contributed by atoms with E-state index in [0.29, 0.717) is 6.04 Å². The van der Waals surface area contributed by atoms with Crippen LogP contribution in [0.3, 0.4) is 0 Å². The Morgan fingerprint density at radius 3 is 2.53 bits per heavy atom. The normalized spacial score (nSPS) is 18.5. The highest BCUT2D eigenvalue weighted by Crippen LogP contribution is 2.10. The standard InChI is InChI=1S/C11H22N2O2/c1-9(2)15-8-11(14)13-6-4-10(12-3)5-7-13/h9-10,12H,4-8H2,1-3H3. The van der Waals surface area contributed by atoms with Crippen molar-refractivity contribution in [3.8, 4) is 0 Å². The second-order valence-electron chi connectivity index (χ2n) is 4.30. The van der Waals surface area contributed by atoms with Gasteiger partial charge in [-0.05, 0) is 33.7 Å². The lowest BCUT2D eigenvalue weighted by Crippen LogP contribution is -2.45. The zero-order chi connectivity index (χ0) is 11.3. The summed E-state index contributed by atoms with van der Waals surface area (Å²) in [6, 6.07) is 0.570. The van der Waals surface area contributed by atoms with Crippen LogP contribution in [-0.2, 0) is 9.53 Å². The van der Waals surface area contributed by atoms with Crippen LogP contribution >= 0.6 is 0 Å². The first-order chi connectivity index (χ1) is 7.13. The molecule has 1 saturated heterocycles. The number of hydrogen-bond donors (Lipinski definition) is 1. The van der Waals surface area contributed by atoms with Gasteiger partial charge in [-0.15, -0.1) is 0 Å². The lowest BCUT2D eigenvalue weighted by molar-refractivity contribution is -0.138. The summed E-state index contributed by atoms with van der Waals surface area (Å²) < 4.78 is 5.30. The van der Waals surface area contributed by atoms with Crippen LogP contribution in [0.4, 0.5) is 0 Å². The van der Waals surface area contributed by atoms with Gasteiger partial charge in [-0.3, -0.25) is 4.79 Å². The van der Waals surface area contributed by atoms with Crippen molar-refractivity contribution in [2.75, 3.05) is 26.7 Å². The van der Waals surface area contributed by atoms with Gasteiger partial charge in [0.2, 0.25) is 5.91 Å². The molecule has 0 aromatic heterocycles. The van der Waals surface area contributed by atoms with Gasteiger partial charge in [-0.2, -0.15) is 0 Å². The molecule has 0 aromatic carbocycles. The number of carbonyl (C=O) groups is 1. The predicted octanol–water partition coefficient (Wildman–Crippen LogP) is 0.622. The molecule has 15 heavy (non-hydrogen) atoms. The first-order valence-electron chi connectivity index (χ1n) is 5.70. The Morgan fingerprint density at radius 2 is 2.07 bits per heavy atom. The van der Waals surface area contributed by atoms with Gasteiger partial charge in [-0.25, -0.2) is 0 Å². The van der Waals surface area contributed by atoms with Gasteiger partial charge in [0.1, 0.15) is 6.61 Å². The van der Waals surface area contributed by atoms with Crippen LogP contribution in [0.5, 0.6) is 0 Å². The van der Waals surface area contributed by atoms with E-state index in [1.165, 1.54) is 0 Å². The molecule has 0 spiro atoms. The molecule has 0 aromatic rings. The Kier molecular flexibility index (Phi) is 5.05. The number of carbonyl (C=O) groups excluding carboxylic acids is 1. The fourth-order valence-corrected chi connectivity index (χ4v) is 1.75. The van der Waals surface area contributed by atoms with E-state index in [4.69, 9.17) is 4.74 Å². The van der Waals surface area contributed by atoms with E-state index in [9.17, 15) is 4.79 Å². The van der Waals surface area contributed by atoms with Crippen LogP contribution in [0.1, 0.15) is 26.7 Å². The lowest BCUT2D eigenvalue weighted by Gasteiger charge is -2.31. The smallest absolute Gasteiger partial charge is 0.248 e. The fourth-order valence-electron chi connectivity index (χ4n) is 1.75. The van der Waals surface area contributed by atoms with Crippen molar-refractivity contribution in [1.82, 2.24) is 10.2 Å². The fraction of sp³-hybridized carbons (Fsp3) is 0.909. The van der Waals surface area contributed by atoms with Gasteiger partial charge in [0.05, 0.1) is 6.10 Å². The first kappa shape index (κ1) is 12.5. The molecule has 1 fully saturated rings. The third kappa shape index (κ3) is 4.18. The molecular formula is C11H22N2O2. The van der Waals surface area contributed by atoms with Crippen LogP contribution in [0.2, 0.25) is 0 Å². The second-order valence-corrected chi connectivity index (χ2v) is 4.30. The van der Waals surface area contributed by atoms with Crippen LogP contribution in [0.25, 0.3) is 0 Å². The molecule has 0 bridgehead atoms. The number of piperidine rings is 1. The van der Waals surface area contributed by atoms with E-state index in [-0.39, 0.29) is 18.6 Å². The zero-order valence-electron chi connectivity index (χ0n) is 9.95. The molecule has 1 aliphatic heterocycles. The van der Waals surface area contributed by atoms with Crippen molar-refractivity contribution in [2.45, 2.75) is 38.8 Å². The minimum atomic E-state index is 0.123. The molecule has 1 amide bonds. The molecule has 0 saturated carbocycles. The number of rotatable bonds is 4. The first-order valence-corrected chi connectivity index (χ1v) is 5.70. The number of ether oxygens (including phenoxy) is 1. The van der Waals surface area contributed by atoms with Gasteiger partial charge in [0, 0.05) is 19.1 Å². The third-order valence-corrected chi connectivity index (χ3v) is 2.80. The Bertz CT molecular complexity index is 199. The zero-order valence-corrected chi connectivity index (χ0v) is 9.95. The lowest BCUT2D eigenvalue weighted by atomic mass is 10.1. The van der Waals surface area contributed by atoms with Gasteiger partial charge in [0.25, 0.3) is 0 Å². The van der Waals surface area contributed by atoms with Crippen molar-refractivity contribution in [3.05, 3.63) is 0 Å². The second kappa shape index (κ2) is 6.08. The van der Waals surface area contributed by atoms with E-state index in [2.05, 4.69) is 5.32 Å². The van der Waals surface area contributed by atoms with E-state index < -0.39 is 0 Å². The average Bonchev–Trinajstić information content (AvgIpc) is 2.26. The maximum atomic E-state index is 11.7. The Morgan fingerprint density at radius 1 is 1.47 bits per heavy atom. The monoisotopic (exact) mass is 214 g/mol. The van der Waals surface area contributed by atoms with Crippen molar-refractivity contribution < 1.29 is 9.53 Å². The predicted molar refractivity (Wildman–Crippen MR) is 59.7 cm³/mol. The highest BCUT2D eigenvalue weighted by atomic mass is 16.5. The van der Waals surface area contributed by atoms with E-state index >= 15 is 0 Å². The molecule has 1 rings (SSSR count). The molecule has 4 heteroatoms. The van der Waals surface area contributed by atoms with E-state index in [0.717, 1.165) is 25.9 Å². The van der Waals surface area contributed by atoms with Crippen LogP contribution < -0.4 is 5.32 Å². The Hall–Kier alpha value is -0.610. The van der Waals surface area contributed by atoms with Gasteiger partial charge < -0.3 is 15.0 Å². The van der Waals surface area contributed by atoms with Crippen molar-refractivity contribution in [1.29, 1.82) is 0 Å². The molecular weight excluding hydrogens is 192 g/mol.